The molecule has 2 heterocycles. The molecule has 0 aromatic heterocycles. The van der Waals surface area contributed by atoms with Crippen LogP contribution < -0.4 is 0 Å². The standard InChI is InChI=1S/C30H28O11/c1-3-4-5-6-7-8-19-22-14(10-18(33)26(35)28(22)37)23(29(38)41-19)20-13-9-15-24(30(39)40-12(2)25(15)34)27(36)21(13)17(32)11-16(20)31/h9-11,19,25,32-37H,2-8H2,1H3. The van der Waals surface area contributed by atoms with Crippen molar-refractivity contribution in [3.8, 4) is 23.0 Å². The minimum atomic E-state index is -1.60. The van der Waals surface area contributed by atoms with Crippen LogP contribution in [-0.4, -0.2) is 48.4 Å². The Morgan fingerprint density at radius 2 is 1.54 bits per heavy atom. The summed E-state index contributed by atoms with van der Waals surface area (Å²) in [5, 5.41) is 63.8. The summed E-state index contributed by atoms with van der Waals surface area (Å²) in [5.41, 5.74) is -2.20. The number of phenolic OH excluding ortho intramolecular Hbond substituents is 4. The summed E-state index contributed by atoms with van der Waals surface area (Å²) in [5.74, 6) is -7.13. The predicted molar refractivity (Wildman–Crippen MR) is 144 cm³/mol. The van der Waals surface area contributed by atoms with E-state index in [1.165, 1.54) is 0 Å². The van der Waals surface area contributed by atoms with E-state index in [4.69, 9.17) is 9.47 Å². The quantitative estimate of drug-likeness (QED) is 0.125. The third-order valence-electron chi connectivity index (χ3n) is 7.56. The van der Waals surface area contributed by atoms with Gasteiger partial charge in [0.1, 0.15) is 35.0 Å². The van der Waals surface area contributed by atoms with Crippen LogP contribution in [0.5, 0.6) is 23.0 Å². The number of ketones is 1. The lowest BCUT2D eigenvalue weighted by atomic mass is 9.79. The van der Waals surface area contributed by atoms with E-state index in [1.807, 2.05) is 0 Å². The summed E-state index contributed by atoms with van der Waals surface area (Å²) >= 11 is 0. The Morgan fingerprint density at radius 3 is 2.24 bits per heavy atom. The Bertz CT molecular complexity index is 1590. The minimum Gasteiger partial charge on any atom is -0.507 e. The Morgan fingerprint density at radius 1 is 0.829 bits per heavy atom. The molecule has 0 bridgehead atoms. The van der Waals surface area contributed by atoms with Crippen LogP contribution in [-0.2, 0) is 19.1 Å². The molecule has 2 aromatic rings. The second-order valence-electron chi connectivity index (χ2n) is 10.2. The van der Waals surface area contributed by atoms with E-state index in [-0.39, 0.29) is 33.6 Å². The van der Waals surface area contributed by atoms with Crippen LogP contribution in [0.2, 0.25) is 0 Å². The van der Waals surface area contributed by atoms with Gasteiger partial charge in [0.2, 0.25) is 5.75 Å². The van der Waals surface area contributed by atoms with Crippen LogP contribution in [0.1, 0.15) is 95.8 Å². The number of phenols is 4. The van der Waals surface area contributed by atoms with Crippen LogP contribution in [0.4, 0.5) is 0 Å². The molecule has 2 atom stereocenters. The Labute approximate surface area is 233 Å². The van der Waals surface area contributed by atoms with Crippen molar-refractivity contribution in [1.82, 2.24) is 0 Å². The molecule has 0 amide bonds. The van der Waals surface area contributed by atoms with E-state index in [0.29, 0.717) is 12.8 Å². The maximum atomic E-state index is 13.5. The Kier molecular flexibility index (Phi) is 7.00. The molecule has 214 valence electrons. The number of carbonyl (C=O) groups excluding carboxylic acids is 3. The summed E-state index contributed by atoms with van der Waals surface area (Å²) in [6.45, 7) is 5.54. The minimum absolute atomic E-state index is 0.0230. The fourth-order valence-corrected chi connectivity index (χ4v) is 5.56. The van der Waals surface area contributed by atoms with Gasteiger partial charge in [0.25, 0.3) is 0 Å². The third kappa shape index (κ3) is 4.38. The molecule has 0 radical (unpaired) electrons. The number of ether oxygens (including phenoxy) is 2. The molecule has 11 heteroatoms. The molecule has 0 saturated heterocycles. The van der Waals surface area contributed by atoms with Crippen molar-refractivity contribution < 1.29 is 54.5 Å². The molecule has 2 aliphatic heterocycles. The number of cyclic esters (lactones) is 2. The smallest absolute Gasteiger partial charge is 0.347 e. The molecule has 1 aliphatic carbocycles. The fraction of sp³-hybridized carbons (Fsp3) is 0.300. The highest BCUT2D eigenvalue weighted by Crippen LogP contribution is 2.53. The number of fused-ring (bicyclic) bond motifs is 3. The van der Waals surface area contributed by atoms with Gasteiger partial charge in [-0.05, 0) is 25.0 Å². The molecule has 3 aliphatic rings. The number of hydrogen-bond acceptors (Lipinski definition) is 11. The van der Waals surface area contributed by atoms with Crippen LogP contribution >= 0.6 is 0 Å². The molecule has 0 spiro atoms. The number of allylic oxidation sites excluding steroid dienone is 2. The lowest BCUT2D eigenvalue weighted by Gasteiger charge is -2.31. The predicted octanol–water partition coefficient (Wildman–Crippen LogP) is 4.58. The first-order valence-corrected chi connectivity index (χ1v) is 13.2. The number of aromatic hydroxyl groups is 4. The third-order valence-corrected chi connectivity index (χ3v) is 7.56. The topological polar surface area (TPSA) is 191 Å². The SMILES string of the molecule is C=C1OC(=O)c2c(cc3c(c2O)C(O)=CC(=O)C3=C2C(=O)OC(CCCCCCC)c3c2cc(O)c(O)c3O)C1O. The molecule has 11 nitrogen and oxygen atoms in total. The number of aliphatic hydroxyl groups excluding tert-OH is 2. The normalized spacial score (nSPS) is 21.5. The van der Waals surface area contributed by atoms with E-state index < -0.39 is 75.4 Å². The van der Waals surface area contributed by atoms with Gasteiger partial charge < -0.3 is 40.1 Å². The van der Waals surface area contributed by atoms with Gasteiger partial charge in [-0.2, -0.15) is 0 Å². The van der Waals surface area contributed by atoms with Gasteiger partial charge in [0, 0.05) is 33.9 Å². The van der Waals surface area contributed by atoms with E-state index in [9.17, 15) is 45.0 Å². The number of rotatable bonds is 6. The fourth-order valence-electron chi connectivity index (χ4n) is 5.56. The van der Waals surface area contributed by atoms with Crippen LogP contribution in [0.3, 0.4) is 0 Å². The first kappa shape index (κ1) is 27.8. The highest BCUT2D eigenvalue weighted by atomic mass is 16.6. The molecular formula is C30H28O11. The van der Waals surface area contributed by atoms with E-state index in [2.05, 4.69) is 13.5 Å². The number of carbonyl (C=O) groups is 3. The van der Waals surface area contributed by atoms with Crippen LogP contribution in [0.15, 0.2) is 30.5 Å². The van der Waals surface area contributed by atoms with Crippen molar-refractivity contribution in [1.29, 1.82) is 0 Å². The van der Waals surface area contributed by atoms with E-state index >= 15 is 0 Å². The Hall–Kier alpha value is -4.77. The van der Waals surface area contributed by atoms with Crippen molar-refractivity contribution in [3.05, 3.63) is 63.9 Å². The zero-order valence-electron chi connectivity index (χ0n) is 22.1. The first-order valence-electron chi connectivity index (χ1n) is 13.2. The lowest BCUT2D eigenvalue weighted by Crippen LogP contribution is -2.26. The number of aliphatic hydroxyl groups is 2. The van der Waals surface area contributed by atoms with Crippen molar-refractivity contribution in [2.45, 2.75) is 57.7 Å². The van der Waals surface area contributed by atoms with Crippen molar-refractivity contribution in [3.63, 3.8) is 0 Å². The van der Waals surface area contributed by atoms with Gasteiger partial charge in [-0.3, -0.25) is 4.79 Å². The van der Waals surface area contributed by atoms with Gasteiger partial charge in [-0.1, -0.05) is 39.2 Å². The molecule has 2 unspecified atom stereocenters. The summed E-state index contributed by atoms with van der Waals surface area (Å²) < 4.78 is 10.6. The van der Waals surface area contributed by atoms with Crippen LogP contribution in [0.25, 0.3) is 16.9 Å². The van der Waals surface area contributed by atoms with Gasteiger partial charge >= 0.3 is 11.9 Å². The maximum Gasteiger partial charge on any atom is 0.347 e. The van der Waals surface area contributed by atoms with Gasteiger partial charge in [0.05, 0.1) is 11.1 Å². The number of esters is 2. The largest absolute Gasteiger partial charge is 0.507 e. The van der Waals surface area contributed by atoms with Crippen molar-refractivity contribution >= 4 is 34.6 Å². The number of hydrogen-bond donors (Lipinski definition) is 6. The number of unbranched alkanes of at least 4 members (excludes halogenated alkanes) is 4. The molecular weight excluding hydrogens is 536 g/mol. The highest BCUT2D eigenvalue weighted by molar-refractivity contribution is 6.44. The van der Waals surface area contributed by atoms with Crippen molar-refractivity contribution in [2.75, 3.05) is 0 Å². The summed E-state index contributed by atoms with van der Waals surface area (Å²) in [6, 6.07) is 2.17. The highest BCUT2D eigenvalue weighted by Gasteiger charge is 2.42. The monoisotopic (exact) mass is 564 g/mol. The molecule has 6 N–H and O–H groups in total. The van der Waals surface area contributed by atoms with E-state index in [0.717, 1.165) is 43.9 Å². The summed E-state index contributed by atoms with van der Waals surface area (Å²) in [4.78, 5) is 39.4. The van der Waals surface area contributed by atoms with Crippen molar-refractivity contribution in [2.24, 2.45) is 0 Å². The van der Waals surface area contributed by atoms with Gasteiger partial charge in [-0.25, -0.2) is 9.59 Å². The lowest BCUT2D eigenvalue weighted by molar-refractivity contribution is -0.143. The second kappa shape index (κ2) is 10.3. The maximum absolute atomic E-state index is 13.5. The molecule has 2 aromatic carbocycles. The van der Waals surface area contributed by atoms with E-state index in [1.54, 1.807) is 0 Å². The zero-order chi connectivity index (χ0) is 29.7. The summed E-state index contributed by atoms with van der Waals surface area (Å²) in [6.07, 6.45) is 2.87. The van der Waals surface area contributed by atoms with Crippen LogP contribution in [0, 0.1) is 0 Å². The zero-order valence-corrected chi connectivity index (χ0v) is 22.1. The molecule has 5 rings (SSSR count). The number of benzene rings is 2. The molecule has 0 saturated carbocycles. The summed E-state index contributed by atoms with van der Waals surface area (Å²) in [7, 11) is 0. The second-order valence-corrected chi connectivity index (χ2v) is 10.2. The Balaban J connectivity index is 1.76. The van der Waals surface area contributed by atoms with Gasteiger partial charge in [-0.15, -0.1) is 0 Å². The average Bonchev–Trinajstić information content (AvgIpc) is 2.91. The average molecular weight is 565 g/mol. The molecule has 41 heavy (non-hydrogen) atoms. The van der Waals surface area contributed by atoms with Gasteiger partial charge in [0.15, 0.2) is 17.3 Å². The first-order chi connectivity index (χ1) is 19.5. The molecule has 0 fully saturated rings.